The van der Waals surface area contributed by atoms with Gasteiger partial charge in [-0.15, -0.1) is 0 Å². The number of carbonyl (C=O) groups excluding carboxylic acids is 2. The number of rotatable bonds is 7. The van der Waals surface area contributed by atoms with Gasteiger partial charge in [0, 0.05) is 5.92 Å². The van der Waals surface area contributed by atoms with Crippen molar-refractivity contribution in [2.75, 3.05) is 0 Å². The molecule has 0 aliphatic heterocycles. The van der Waals surface area contributed by atoms with Crippen LogP contribution in [-0.4, -0.2) is 11.9 Å². The largest absolute Gasteiger partial charge is 0.461 e. The van der Waals surface area contributed by atoms with Gasteiger partial charge in [-0.05, 0) is 17.9 Å². The summed E-state index contributed by atoms with van der Waals surface area (Å²) >= 11 is 0. The maximum absolute atomic E-state index is 11.8. The van der Waals surface area contributed by atoms with Crippen LogP contribution < -0.4 is 11.3 Å². The van der Waals surface area contributed by atoms with Crippen molar-refractivity contribution in [1.82, 2.24) is 5.43 Å². The quantitative estimate of drug-likeness (QED) is 0.342. The summed E-state index contributed by atoms with van der Waals surface area (Å²) in [6.07, 6.45) is 3.07. The minimum atomic E-state index is -0.379. The van der Waals surface area contributed by atoms with Crippen LogP contribution in [0.4, 0.5) is 0 Å². The smallest absolute Gasteiger partial charge is 0.306 e. The van der Waals surface area contributed by atoms with E-state index in [0.29, 0.717) is 12.3 Å². The zero-order chi connectivity index (χ0) is 14.4. The number of hydrogen-bond acceptors (Lipinski definition) is 4. The lowest BCUT2D eigenvalue weighted by molar-refractivity contribution is -0.148. The Morgan fingerprint density at radius 3 is 2.60 bits per heavy atom. The van der Waals surface area contributed by atoms with Crippen molar-refractivity contribution in [1.29, 1.82) is 0 Å². The molecule has 0 spiro atoms. The second-order valence-corrected chi connectivity index (χ2v) is 5.23. The van der Waals surface area contributed by atoms with Crippen LogP contribution in [0.25, 0.3) is 0 Å². The second kappa shape index (κ2) is 7.05. The molecule has 0 aromatic heterocycles. The van der Waals surface area contributed by atoms with E-state index < -0.39 is 0 Å². The molecule has 1 aliphatic rings. The molecule has 3 N–H and O–H groups in total. The van der Waals surface area contributed by atoms with Crippen molar-refractivity contribution < 1.29 is 14.3 Å². The first-order valence-electron chi connectivity index (χ1n) is 6.89. The summed E-state index contributed by atoms with van der Waals surface area (Å²) in [5.41, 5.74) is 3.06. The predicted molar refractivity (Wildman–Crippen MR) is 74.0 cm³/mol. The molecule has 0 heterocycles. The summed E-state index contributed by atoms with van der Waals surface area (Å²) in [6, 6.07) is 9.47. The van der Waals surface area contributed by atoms with Crippen molar-refractivity contribution in [3.05, 3.63) is 35.9 Å². The third-order valence-electron chi connectivity index (χ3n) is 3.48. The Hall–Kier alpha value is -1.88. The minimum Gasteiger partial charge on any atom is -0.461 e. The molecule has 5 heteroatoms. The summed E-state index contributed by atoms with van der Waals surface area (Å²) in [4.78, 5) is 23.4. The average Bonchev–Trinajstić information content (AvgIpc) is 3.28. The standard InChI is InChI=1S/C15H20N2O3/c16-17-15(19)13(8-11-6-7-11)9-14(18)20-10-12-4-2-1-3-5-12/h1-5,11,13H,6-10,16H2,(H,17,19)/t13-/m1/s1. The molecular formula is C15H20N2O3. The zero-order valence-corrected chi connectivity index (χ0v) is 11.4. The van der Waals surface area contributed by atoms with Crippen LogP contribution in [0.1, 0.15) is 31.2 Å². The van der Waals surface area contributed by atoms with Gasteiger partial charge in [-0.1, -0.05) is 43.2 Å². The minimum absolute atomic E-state index is 0.0896. The Morgan fingerprint density at radius 1 is 1.30 bits per heavy atom. The van der Waals surface area contributed by atoms with Crippen LogP contribution in [0.15, 0.2) is 30.3 Å². The lowest BCUT2D eigenvalue weighted by Gasteiger charge is -2.14. The third-order valence-corrected chi connectivity index (χ3v) is 3.48. The molecule has 108 valence electrons. The van der Waals surface area contributed by atoms with Gasteiger partial charge in [-0.3, -0.25) is 15.0 Å². The number of carbonyl (C=O) groups is 2. The Balaban J connectivity index is 1.79. The van der Waals surface area contributed by atoms with Crippen LogP contribution >= 0.6 is 0 Å². The van der Waals surface area contributed by atoms with Gasteiger partial charge in [0.2, 0.25) is 5.91 Å². The van der Waals surface area contributed by atoms with Gasteiger partial charge in [0.1, 0.15) is 6.61 Å². The molecule has 0 radical (unpaired) electrons. The van der Waals surface area contributed by atoms with E-state index in [9.17, 15) is 9.59 Å². The van der Waals surface area contributed by atoms with Crippen LogP contribution in [0.3, 0.4) is 0 Å². The Morgan fingerprint density at radius 2 is 2.00 bits per heavy atom. The number of nitrogens with two attached hydrogens (primary N) is 1. The van der Waals surface area contributed by atoms with E-state index in [0.717, 1.165) is 18.4 Å². The molecule has 5 nitrogen and oxygen atoms in total. The fraction of sp³-hybridized carbons (Fsp3) is 0.467. The highest BCUT2D eigenvalue weighted by Gasteiger charge is 2.30. The SMILES string of the molecule is NNC(=O)[C@@H](CC(=O)OCc1ccccc1)CC1CC1. The summed E-state index contributed by atoms with van der Waals surface area (Å²) in [6.45, 7) is 0.236. The highest BCUT2D eigenvalue weighted by Crippen LogP contribution is 2.36. The molecule has 1 aromatic carbocycles. The van der Waals surface area contributed by atoms with E-state index in [-0.39, 0.29) is 30.8 Å². The molecule has 1 aliphatic carbocycles. The molecule has 2 rings (SSSR count). The number of amides is 1. The Kier molecular flexibility index (Phi) is 5.12. The first-order chi connectivity index (χ1) is 9.69. The van der Waals surface area contributed by atoms with Gasteiger partial charge in [-0.2, -0.15) is 0 Å². The second-order valence-electron chi connectivity index (χ2n) is 5.23. The monoisotopic (exact) mass is 276 g/mol. The van der Waals surface area contributed by atoms with Crippen LogP contribution in [0.5, 0.6) is 0 Å². The summed E-state index contributed by atoms with van der Waals surface area (Å²) < 4.78 is 5.20. The van der Waals surface area contributed by atoms with Gasteiger partial charge in [0.25, 0.3) is 0 Å². The van der Waals surface area contributed by atoms with Gasteiger partial charge < -0.3 is 4.74 Å². The first-order valence-corrected chi connectivity index (χ1v) is 6.89. The highest BCUT2D eigenvalue weighted by molar-refractivity contribution is 5.83. The third kappa shape index (κ3) is 4.66. The maximum atomic E-state index is 11.8. The van der Waals surface area contributed by atoms with Crippen molar-refractivity contribution >= 4 is 11.9 Å². The van der Waals surface area contributed by atoms with Gasteiger partial charge >= 0.3 is 5.97 Å². The molecule has 0 unspecified atom stereocenters. The van der Waals surface area contributed by atoms with Gasteiger partial charge in [-0.25, -0.2) is 5.84 Å². The highest BCUT2D eigenvalue weighted by atomic mass is 16.5. The van der Waals surface area contributed by atoms with E-state index >= 15 is 0 Å². The van der Waals surface area contributed by atoms with Crippen LogP contribution in [-0.2, 0) is 20.9 Å². The number of nitrogens with one attached hydrogen (secondary N) is 1. The fourth-order valence-electron chi connectivity index (χ4n) is 2.16. The van der Waals surface area contributed by atoms with Gasteiger partial charge in [0.05, 0.1) is 6.42 Å². The molecule has 1 saturated carbocycles. The van der Waals surface area contributed by atoms with Gasteiger partial charge in [0.15, 0.2) is 0 Å². The first kappa shape index (κ1) is 14.5. The van der Waals surface area contributed by atoms with Crippen molar-refractivity contribution in [2.45, 2.75) is 32.3 Å². The number of hydrazine groups is 1. The Bertz CT molecular complexity index is 457. The number of ether oxygens (including phenoxy) is 1. The van der Waals surface area contributed by atoms with Crippen LogP contribution in [0.2, 0.25) is 0 Å². The molecule has 1 atom stereocenters. The molecule has 20 heavy (non-hydrogen) atoms. The number of hydrogen-bond donors (Lipinski definition) is 2. The molecule has 0 bridgehead atoms. The Labute approximate surface area is 118 Å². The molecular weight excluding hydrogens is 256 g/mol. The van der Waals surface area contributed by atoms with E-state index in [1.54, 1.807) is 0 Å². The topological polar surface area (TPSA) is 81.4 Å². The van der Waals surface area contributed by atoms with Crippen molar-refractivity contribution in [3.63, 3.8) is 0 Å². The maximum Gasteiger partial charge on any atom is 0.306 e. The lowest BCUT2D eigenvalue weighted by atomic mass is 9.98. The van der Waals surface area contributed by atoms with E-state index in [4.69, 9.17) is 10.6 Å². The average molecular weight is 276 g/mol. The van der Waals surface area contributed by atoms with E-state index in [2.05, 4.69) is 5.43 Å². The van der Waals surface area contributed by atoms with E-state index in [1.165, 1.54) is 0 Å². The van der Waals surface area contributed by atoms with Crippen molar-refractivity contribution in [3.8, 4) is 0 Å². The summed E-state index contributed by atoms with van der Waals surface area (Å²) in [5, 5.41) is 0. The summed E-state index contributed by atoms with van der Waals surface area (Å²) in [7, 11) is 0. The number of esters is 1. The van der Waals surface area contributed by atoms with Crippen molar-refractivity contribution in [2.24, 2.45) is 17.7 Å². The molecule has 1 aromatic rings. The normalized spacial score (nSPS) is 15.4. The predicted octanol–water partition coefficient (Wildman–Crippen LogP) is 1.53. The lowest BCUT2D eigenvalue weighted by Crippen LogP contribution is -2.37. The molecule has 1 fully saturated rings. The van der Waals surface area contributed by atoms with Crippen LogP contribution in [0, 0.1) is 11.8 Å². The fourth-order valence-corrected chi connectivity index (χ4v) is 2.16. The molecule has 1 amide bonds. The molecule has 0 saturated heterocycles. The summed E-state index contributed by atoms with van der Waals surface area (Å²) in [5.74, 6) is 4.69. The van der Waals surface area contributed by atoms with E-state index in [1.807, 2.05) is 30.3 Å². The number of benzene rings is 1. The zero-order valence-electron chi connectivity index (χ0n) is 11.4.